The van der Waals surface area contributed by atoms with Crippen molar-refractivity contribution in [3.8, 4) is 0 Å². The van der Waals surface area contributed by atoms with Gasteiger partial charge in [-0.1, -0.05) is 17.3 Å². The van der Waals surface area contributed by atoms with E-state index in [0.717, 1.165) is 22.6 Å². The highest BCUT2D eigenvalue weighted by atomic mass is 32.2. The highest BCUT2D eigenvalue weighted by Crippen LogP contribution is 2.19. The number of aryl methyl sites for hydroxylation is 2. The van der Waals surface area contributed by atoms with Gasteiger partial charge in [-0.3, -0.25) is 4.79 Å². The Morgan fingerprint density at radius 2 is 2.18 bits per heavy atom. The van der Waals surface area contributed by atoms with Crippen molar-refractivity contribution < 1.29 is 13.7 Å². The predicted molar refractivity (Wildman–Crippen MR) is 85.0 cm³/mol. The summed E-state index contributed by atoms with van der Waals surface area (Å²) in [4.78, 5) is 13.7. The van der Waals surface area contributed by atoms with Gasteiger partial charge in [-0.15, -0.1) is 11.8 Å². The van der Waals surface area contributed by atoms with Crippen molar-refractivity contribution in [3.05, 3.63) is 52.7 Å². The lowest BCUT2D eigenvalue weighted by atomic mass is 10.2. The van der Waals surface area contributed by atoms with Crippen LogP contribution in [0.2, 0.25) is 0 Å². The highest BCUT2D eigenvalue weighted by molar-refractivity contribution is 7.99. The first kappa shape index (κ1) is 16.5. The van der Waals surface area contributed by atoms with E-state index in [1.54, 1.807) is 18.0 Å². The number of amides is 1. The van der Waals surface area contributed by atoms with Gasteiger partial charge in [-0.05, 0) is 31.5 Å². The number of nitrogens with zero attached hydrogens (tertiary/aromatic N) is 2. The Kier molecular flexibility index (Phi) is 5.60. The number of halogens is 1. The molecule has 1 aromatic carbocycles. The molecule has 0 saturated heterocycles. The van der Waals surface area contributed by atoms with Gasteiger partial charge in [-0.2, -0.15) is 0 Å². The van der Waals surface area contributed by atoms with Crippen LogP contribution in [0, 0.1) is 19.7 Å². The molecule has 0 unspecified atom stereocenters. The number of hydrogen-bond donors (Lipinski definition) is 0. The molecule has 1 aromatic heterocycles. The number of carbonyl (C=O) groups is 1. The first-order valence-corrected chi connectivity index (χ1v) is 8.10. The zero-order chi connectivity index (χ0) is 16.1. The van der Waals surface area contributed by atoms with Gasteiger partial charge in [-0.25, -0.2) is 4.39 Å². The molecule has 6 heteroatoms. The second-order valence-electron chi connectivity index (χ2n) is 5.18. The third-order valence-electron chi connectivity index (χ3n) is 3.39. The van der Waals surface area contributed by atoms with Crippen LogP contribution in [0.5, 0.6) is 0 Å². The van der Waals surface area contributed by atoms with Crippen molar-refractivity contribution >= 4 is 17.7 Å². The molecule has 0 aliphatic carbocycles. The second kappa shape index (κ2) is 7.45. The van der Waals surface area contributed by atoms with Crippen molar-refractivity contribution in [2.24, 2.45) is 0 Å². The summed E-state index contributed by atoms with van der Waals surface area (Å²) >= 11 is 1.52. The fraction of sp³-hybridized carbons (Fsp3) is 0.375. The molecule has 118 valence electrons. The minimum atomic E-state index is -0.286. The molecular formula is C16H19FN2O2S. The topological polar surface area (TPSA) is 46.3 Å². The van der Waals surface area contributed by atoms with E-state index in [1.165, 1.54) is 23.9 Å². The Morgan fingerprint density at radius 1 is 1.41 bits per heavy atom. The maximum atomic E-state index is 13.1. The van der Waals surface area contributed by atoms with E-state index in [0.29, 0.717) is 18.1 Å². The average molecular weight is 322 g/mol. The molecular weight excluding hydrogens is 303 g/mol. The first-order chi connectivity index (χ1) is 10.5. The maximum Gasteiger partial charge on any atom is 0.232 e. The van der Waals surface area contributed by atoms with Crippen molar-refractivity contribution in [1.82, 2.24) is 10.1 Å². The van der Waals surface area contributed by atoms with E-state index in [9.17, 15) is 9.18 Å². The van der Waals surface area contributed by atoms with Crippen LogP contribution in [0.4, 0.5) is 4.39 Å². The zero-order valence-electron chi connectivity index (χ0n) is 12.9. The minimum absolute atomic E-state index is 0.0148. The van der Waals surface area contributed by atoms with Crippen LogP contribution in [0.3, 0.4) is 0 Å². The zero-order valence-corrected chi connectivity index (χ0v) is 13.7. The molecule has 0 atom stereocenters. The largest absolute Gasteiger partial charge is 0.361 e. The molecule has 4 nitrogen and oxygen atoms in total. The van der Waals surface area contributed by atoms with Crippen LogP contribution < -0.4 is 0 Å². The average Bonchev–Trinajstić information content (AvgIpc) is 2.78. The predicted octanol–water partition coefficient (Wildman–Crippen LogP) is 3.32. The molecule has 2 rings (SSSR count). The van der Waals surface area contributed by atoms with Gasteiger partial charge in [0.05, 0.1) is 11.4 Å². The molecule has 0 aliphatic heterocycles. The number of aromatic nitrogens is 1. The summed E-state index contributed by atoms with van der Waals surface area (Å²) in [6, 6.07) is 6.30. The highest BCUT2D eigenvalue weighted by Gasteiger charge is 2.13. The van der Waals surface area contributed by atoms with Gasteiger partial charge in [0.15, 0.2) is 0 Å². The lowest BCUT2D eigenvalue weighted by Gasteiger charge is -2.17. The van der Waals surface area contributed by atoms with E-state index in [-0.39, 0.29) is 11.7 Å². The molecule has 2 aromatic rings. The van der Waals surface area contributed by atoms with Crippen LogP contribution >= 0.6 is 11.8 Å². The summed E-state index contributed by atoms with van der Waals surface area (Å²) < 4.78 is 18.2. The summed E-state index contributed by atoms with van der Waals surface area (Å²) in [7, 11) is 1.73. The maximum absolute atomic E-state index is 13.1. The van der Waals surface area contributed by atoms with Crippen LogP contribution in [0.25, 0.3) is 0 Å². The fourth-order valence-corrected chi connectivity index (χ4v) is 3.17. The number of benzene rings is 1. The third kappa shape index (κ3) is 4.34. The summed E-state index contributed by atoms with van der Waals surface area (Å²) in [5.41, 5.74) is 2.70. The Labute approximate surface area is 133 Å². The van der Waals surface area contributed by atoms with Crippen molar-refractivity contribution in [2.45, 2.75) is 26.1 Å². The second-order valence-corrected chi connectivity index (χ2v) is 6.16. The number of carbonyl (C=O) groups excluding carboxylic acids is 1. The molecule has 0 aliphatic rings. The number of thioether (sulfide) groups is 1. The van der Waals surface area contributed by atoms with Crippen molar-refractivity contribution in [1.29, 1.82) is 0 Å². The Hall–Kier alpha value is -1.82. The van der Waals surface area contributed by atoms with Gasteiger partial charge in [0.2, 0.25) is 5.91 Å². The molecule has 0 fully saturated rings. The first-order valence-electron chi connectivity index (χ1n) is 6.95. The van der Waals surface area contributed by atoms with Gasteiger partial charge in [0.1, 0.15) is 11.6 Å². The van der Waals surface area contributed by atoms with Gasteiger partial charge in [0.25, 0.3) is 0 Å². The SMILES string of the molecule is Cc1noc(C)c1CSCC(=O)N(C)Cc1cccc(F)c1. The summed E-state index contributed by atoms with van der Waals surface area (Å²) in [5, 5.41) is 3.89. The normalized spacial score (nSPS) is 10.7. The lowest BCUT2D eigenvalue weighted by molar-refractivity contribution is -0.127. The molecule has 0 radical (unpaired) electrons. The lowest BCUT2D eigenvalue weighted by Crippen LogP contribution is -2.27. The van der Waals surface area contributed by atoms with Crippen LogP contribution in [-0.2, 0) is 17.1 Å². The standard InChI is InChI=1S/C16H19FN2O2S/c1-11-15(12(2)21-18-11)9-22-10-16(20)19(3)8-13-5-4-6-14(17)7-13/h4-7H,8-10H2,1-3H3. The Morgan fingerprint density at radius 3 is 2.82 bits per heavy atom. The fourth-order valence-electron chi connectivity index (χ4n) is 2.06. The molecule has 0 saturated carbocycles. The van der Waals surface area contributed by atoms with Crippen LogP contribution in [0.1, 0.15) is 22.6 Å². The number of hydrogen-bond acceptors (Lipinski definition) is 4. The summed E-state index contributed by atoms with van der Waals surface area (Å²) in [5.74, 6) is 1.59. The third-order valence-corrected chi connectivity index (χ3v) is 4.33. The van der Waals surface area contributed by atoms with Crippen molar-refractivity contribution in [2.75, 3.05) is 12.8 Å². The number of rotatable bonds is 6. The van der Waals surface area contributed by atoms with Crippen LogP contribution in [-0.4, -0.2) is 28.8 Å². The smallest absolute Gasteiger partial charge is 0.232 e. The monoisotopic (exact) mass is 322 g/mol. The molecule has 0 spiro atoms. The Bertz CT molecular complexity index is 638. The van der Waals surface area contributed by atoms with E-state index in [4.69, 9.17) is 4.52 Å². The van der Waals surface area contributed by atoms with E-state index in [1.807, 2.05) is 19.9 Å². The minimum Gasteiger partial charge on any atom is -0.361 e. The van der Waals surface area contributed by atoms with E-state index in [2.05, 4.69) is 5.16 Å². The summed E-state index contributed by atoms with van der Waals surface area (Å²) in [6.45, 7) is 4.17. The van der Waals surface area contributed by atoms with Gasteiger partial charge >= 0.3 is 0 Å². The molecule has 22 heavy (non-hydrogen) atoms. The summed E-state index contributed by atoms with van der Waals surface area (Å²) in [6.07, 6.45) is 0. The molecule has 0 N–H and O–H groups in total. The van der Waals surface area contributed by atoms with Crippen LogP contribution in [0.15, 0.2) is 28.8 Å². The Balaban J connectivity index is 1.82. The van der Waals surface area contributed by atoms with E-state index < -0.39 is 0 Å². The molecule has 1 heterocycles. The quantitative estimate of drug-likeness (QED) is 0.818. The van der Waals surface area contributed by atoms with E-state index >= 15 is 0 Å². The molecule has 1 amide bonds. The van der Waals surface area contributed by atoms with Gasteiger partial charge < -0.3 is 9.42 Å². The van der Waals surface area contributed by atoms with Gasteiger partial charge in [0, 0.05) is 24.9 Å². The molecule has 0 bridgehead atoms. The van der Waals surface area contributed by atoms with Crippen molar-refractivity contribution in [3.63, 3.8) is 0 Å².